The summed E-state index contributed by atoms with van der Waals surface area (Å²) in [6.45, 7) is 1.05. The number of aryl methyl sites for hydroxylation is 1. The third-order valence-corrected chi connectivity index (χ3v) is 2.42. The van der Waals surface area contributed by atoms with E-state index in [-0.39, 0.29) is 27.7 Å². The summed E-state index contributed by atoms with van der Waals surface area (Å²) in [5.74, 6) is -0.130. The van der Waals surface area contributed by atoms with E-state index in [0.717, 1.165) is 4.68 Å². The molecule has 0 bridgehead atoms. The molecule has 0 spiro atoms. The van der Waals surface area contributed by atoms with Crippen molar-refractivity contribution in [1.29, 1.82) is 0 Å². The Bertz CT molecular complexity index is 625. The van der Waals surface area contributed by atoms with Gasteiger partial charge in [-0.05, 0) is 0 Å². The number of hydrogen-bond donors (Lipinski definition) is 1. The van der Waals surface area contributed by atoms with Crippen LogP contribution < -0.4 is 10.2 Å². The summed E-state index contributed by atoms with van der Waals surface area (Å²) < 4.78 is 29.6. The number of ether oxygens (including phenoxy) is 1. The van der Waals surface area contributed by atoms with Gasteiger partial charge >= 0.3 is 6.61 Å². The Kier molecular flexibility index (Phi) is 5.69. The van der Waals surface area contributed by atoms with Gasteiger partial charge in [-0.25, -0.2) is 4.68 Å². The second-order valence-corrected chi connectivity index (χ2v) is 3.84. The summed E-state index contributed by atoms with van der Waals surface area (Å²) in [7, 11) is 1.44. The molecule has 0 saturated carbocycles. The van der Waals surface area contributed by atoms with E-state index in [1.54, 1.807) is 0 Å². The van der Waals surface area contributed by atoms with Crippen molar-refractivity contribution >= 4 is 11.6 Å². The summed E-state index contributed by atoms with van der Waals surface area (Å²) in [4.78, 5) is 14.3. The second-order valence-electron chi connectivity index (χ2n) is 3.43. The lowest BCUT2D eigenvalue weighted by atomic mass is 10.2. The van der Waals surface area contributed by atoms with E-state index >= 15 is 0 Å². The van der Waals surface area contributed by atoms with Crippen molar-refractivity contribution in [3.05, 3.63) is 33.7 Å². The molecule has 0 unspecified atom stereocenters. The number of hydrogen-bond acceptors (Lipinski definition) is 3. The minimum atomic E-state index is -2.95. The Morgan fingerprint density at radius 3 is 2.60 bits per heavy atom. The first-order chi connectivity index (χ1) is 9.47. The Morgan fingerprint density at radius 2 is 2.05 bits per heavy atom. The summed E-state index contributed by atoms with van der Waals surface area (Å²) in [5.41, 5.74) is 0.0885. The highest BCUT2D eigenvalue weighted by Crippen LogP contribution is 2.21. The second kappa shape index (κ2) is 7.04. The molecule has 0 aliphatic heterocycles. The fourth-order valence-electron chi connectivity index (χ4n) is 1.43. The molecule has 2 aromatic rings. The van der Waals surface area contributed by atoms with E-state index in [1.165, 1.54) is 25.4 Å². The highest BCUT2D eigenvalue weighted by atomic mass is 35.5. The molecule has 8 heteroatoms. The van der Waals surface area contributed by atoms with Crippen molar-refractivity contribution in [3.63, 3.8) is 0 Å². The molecule has 110 valence electrons. The van der Waals surface area contributed by atoms with Gasteiger partial charge in [0.15, 0.2) is 5.43 Å². The first-order valence-electron chi connectivity index (χ1n) is 5.85. The summed E-state index contributed by atoms with van der Waals surface area (Å²) >= 11 is 5.60. The summed E-state index contributed by atoms with van der Waals surface area (Å²) in [5, 5.41) is 4.10. The van der Waals surface area contributed by atoms with Gasteiger partial charge in [0.05, 0.1) is 5.56 Å². The molecule has 0 fully saturated rings. The van der Waals surface area contributed by atoms with E-state index in [1.807, 2.05) is 13.8 Å². The number of nitrogens with zero attached hydrogens (tertiary/aromatic N) is 2. The molecular formula is C12H14ClF2N3O2. The number of halogens is 3. The molecule has 1 N–H and O–H groups in total. The Hall–Kier alpha value is -1.89. The lowest BCUT2D eigenvalue weighted by molar-refractivity contribution is -0.0553. The molecule has 2 heterocycles. The summed E-state index contributed by atoms with van der Waals surface area (Å²) in [6.07, 6.45) is 1.36. The molecule has 0 aromatic carbocycles. The quantitative estimate of drug-likeness (QED) is 0.887. The van der Waals surface area contributed by atoms with E-state index in [2.05, 4.69) is 14.8 Å². The lowest BCUT2D eigenvalue weighted by Gasteiger charge is -2.01. The zero-order valence-corrected chi connectivity index (χ0v) is 11.9. The van der Waals surface area contributed by atoms with Gasteiger partial charge in [0, 0.05) is 25.4 Å². The molecule has 0 aliphatic rings. The van der Waals surface area contributed by atoms with Crippen LogP contribution in [-0.2, 0) is 7.05 Å². The van der Waals surface area contributed by atoms with Crippen LogP contribution in [0.1, 0.15) is 13.8 Å². The number of nitrogens with one attached hydrogen (secondary N) is 1. The first-order valence-corrected chi connectivity index (χ1v) is 6.22. The van der Waals surface area contributed by atoms with Gasteiger partial charge in [-0.2, -0.15) is 13.9 Å². The molecule has 20 heavy (non-hydrogen) atoms. The fraction of sp³-hybridized carbons (Fsp3) is 0.333. The van der Waals surface area contributed by atoms with Crippen LogP contribution in [0.3, 0.4) is 0 Å². The number of rotatable bonds is 3. The first kappa shape index (κ1) is 16.2. The van der Waals surface area contributed by atoms with E-state index in [4.69, 9.17) is 11.6 Å². The Labute approximate surface area is 119 Å². The van der Waals surface area contributed by atoms with Crippen LogP contribution in [0, 0.1) is 0 Å². The molecule has 2 rings (SSSR count). The Morgan fingerprint density at radius 1 is 1.40 bits per heavy atom. The van der Waals surface area contributed by atoms with Crippen molar-refractivity contribution in [2.24, 2.45) is 7.05 Å². The highest BCUT2D eigenvalue weighted by molar-refractivity contribution is 6.29. The maximum absolute atomic E-state index is 12.1. The van der Waals surface area contributed by atoms with Crippen LogP contribution in [-0.4, -0.2) is 21.4 Å². The van der Waals surface area contributed by atoms with Crippen molar-refractivity contribution in [3.8, 4) is 17.1 Å². The third-order valence-electron chi connectivity index (χ3n) is 2.20. The van der Waals surface area contributed by atoms with Crippen molar-refractivity contribution < 1.29 is 13.5 Å². The lowest BCUT2D eigenvalue weighted by Crippen LogP contribution is -2.06. The standard InChI is InChI=1S/C10H8ClF2N3O2.C2H6/c1-16-9(18-10(12)13)2-6(15-16)5-4-14-8(11)3-7(5)17;1-2/h2-4,10H,1H3,(H,14,17);1-2H3. The SMILES string of the molecule is CC.Cn1nc(-c2c[nH]c(Cl)cc2=O)cc1OC(F)F. The van der Waals surface area contributed by atoms with Crippen LogP contribution in [0.4, 0.5) is 8.78 Å². The normalized spacial score (nSPS) is 10.2. The number of pyridine rings is 1. The minimum Gasteiger partial charge on any atom is -0.417 e. The molecule has 0 aliphatic carbocycles. The number of alkyl halides is 2. The van der Waals surface area contributed by atoms with E-state index in [9.17, 15) is 13.6 Å². The minimum absolute atomic E-state index is 0.130. The maximum Gasteiger partial charge on any atom is 0.388 e. The Balaban J connectivity index is 0.000000956. The predicted molar refractivity (Wildman–Crippen MR) is 72.3 cm³/mol. The zero-order valence-electron chi connectivity index (χ0n) is 11.2. The summed E-state index contributed by atoms with van der Waals surface area (Å²) in [6, 6.07) is 2.43. The monoisotopic (exact) mass is 305 g/mol. The van der Waals surface area contributed by atoms with Crippen molar-refractivity contribution in [2.75, 3.05) is 0 Å². The molecular weight excluding hydrogens is 292 g/mol. The van der Waals surface area contributed by atoms with Crippen LogP contribution in [0.2, 0.25) is 5.15 Å². The maximum atomic E-state index is 12.1. The topological polar surface area (TPSA) is 59.9 Å². The molecule has 0 amide bonds. The number of H-pyrrole nitrogens is 1. The van der Waals surface area contributed by atoms with Crippen LogP contribution >= 0.6 is 11.6 Å². The smallest absolute Gasteiger partial charge is 0.388 e. The van der Waals surface area contributed by atoms with Crippen LogP contribution in [0.15, 0.2) is 23.1 Å². The van der Waals surface area contributed by atoms with Crippen LogP contribution in [0.25, 0.3) is 11.3 Å². The highest BCUT2D eigenvalue weighted by Gasteiger charge is 2.14. The van der Waals surface area contributed by atoms with Gasteiger partial charge in [0.25, 0.3) is 0 Å². The number of aromatic nitrogens is 3. The molecule has 2 aromatic heterocycles. The van der Waals surface area contributed by atoms with E-state index in [0.29, 0.717) is 0 Å². The van der Waals surface area contributed by atoms with Gasteiger partial charge < -0.3 is 9.72 Å². The molecule has 0 saturated heterocycles. The van der Waals surface area contributed by atoms with Gasteiger partial charge in [-0.3, -0.25) is 4.79 Å². The average Bonchev–Trinajstić information content (AvgIpc) is 2.72. The largest absolute Gasteiger partial charge is 0.417 e. The molecule has 0 radical (unpaired) electrons. The van der Waals surface area contributed by atoms with Gasteiger partial charge in [0.2, 0.25) is 5.88 Å². The van der Waals surface area contributed by atoms with Crippen LogP contribution in [0.5, 0.6) is 5.88 Å². The zero-order chi connectivity index (χ0) is 15.3. The third kappa shape index (κ3) is 3.80. The van der Waals surface area contributed by atoms with Gasteiger partial charge in [-0.1, -0.05) is 25.4 Å². The average molecular weight is 306 g/mol. The van der Waals surface area contributed by atoms with Gasteiger partial charge in [-0.15, -0.1) is 0 Å². The van der Waals surface area contributed by atoms with Gasteiger partial charge in [0.1, 0.15) is 10.8 Å². The van der Waals surface area contributed by atoms with E-state index < -0.39 is 6.61 Å². The predicted octanol–water partition coefficient (Wildman–Crippen LogP) is 3.06. The van der Waals surface area contributed by atoms with Crippen molar-refractivity contribution in [1.82, 2.24) is 14.8 Å². The van der Waals surface area contributed by atoms with Crippen molar-refractivity contribution in [2.45, 2.75) is 20.5 Å². The molecule has 0 atom stereocenters. The fourth-order valence-corrected chi connectivity index (χ4v) is 1.58. The molecule has 5 nitrogen and oxygen atoms in total. The number of aromatic amines is 1.